The summed E-state index contributed by atoms with van der Waals surface area (Å²) in [7, 11) is 3.74. The van der Waals surface area contributed by atoms with Gasteiger partial charge in [-0.2, -0.15) is 0 Å². The van der Waals surface area contributed by atoms with Gasteiger partial charge < -0.3 is 0 Å². The summed E-state index contributed by atoms with van der Waals surface area (Å²) in [4.78, 5) is 4.77. The van der Waals surface area contributed by atoms with Crippen LogP contribution in [-0.2, 0) is 4.84 Å². The summed E-state index contributed by atoms with van der Waals surface area (Å²) in [5.74, 6) is 0. The van der Waals surface area contributed by atoms with Gasteiger partial charge in [-0.3, -0.25) is 4.84 Å². The molecule has 0 aromatic rings. The second-order valence-corrected chi connectivity index (χ2v) is 1.42. The molecule has 0 spiro atoms. The fourth-order valence-electron chi connectivity index (χ4n) is 0.194. The topological polar surface area (TPSA) is 24.5 Å². The predicted molar refractivity (Wildman–Crippen MR) is 28.4 cm³/mol. The van der Waals surface area contributed by atoms with Gasteiger partial charge in [-0.25, -0.2) is 5.01 Å². The van der Waals surface area contributed by atoms with Gasteiger partial charge in [0.15, 0.2) is 0 Å². The molecule has 0 heterocycles. The van der Waals surface area contributed by atoms with Gasteiger partial charge in [-0.1, -0.05) is 0 Å². The van der Waals surface area contributed by atoms with Crippen molar-refractivity contribution < 1.29 is 4.84 Å². The van der Waals surface area contributed by atoms with Crippen molar-refractivity contribution in [1.29, 1.82) is 0 Å². The Morgan fingerprint density at radius 3 is 2.29 bits per heavy atom. The summed E-state index contributed by atoms with van der Waals surface area (Å²) < 4.78 is 0. The fraction of sp³-hybridized carbons (Fsp3) is 1.00. The molecular formula is C4H12N2O. The number of hydrogen-bond donors (Lipinski definition) is 1. The molecule has 0 saturated carbocycles. The van der Waals surface area contributed by atoms with E-state index in [4.69, 9.17) is 4.84 Å². The number of nitrogens with zero attached hydrogens (tertiary/aromatic N) is 1. The fourth-order valence-corrected chi connectivity index (χ4v) is 0.194. The van der Waals surface area contributed by atoms with E-state index in [1.807, 2.05) is 21.0 Å². The maximum Gasteiger partial charge on any atom is 0.0670 e. The third-order valence-electron chi connectivity index (χ3n) is 0.391. The van der Waals surface area contributed by atoms with E-state index >= 15 is 0 Å². The molecule has 0 radical (unpaired) electrons. The first kappa shape index (κ1) is 6.88. The maximum absolute atomic E-state index is 4.77. The largest absolute Gasteiger partial charge is 0.287 e. The Bertz CT molecular complexity index is 38.7. The molecule has 0 fully saturated rings. The third kappa shape index (κ3) is 5.88. The standard InChI is InChI=1S/C4H12N2O/c1-4-7-5-6(2)3/h5H,4H2,1-3H3. The molecule has 0 aromatic heterocycles. The van der Waals surface area contributed by atoms with Gasteiger partial charge >= 0.3 is 0 Å². The number of hydrogen-bond acceptors (Lipinski definition) is 3. The molecule has 3 nitrogen and oxygen atoms in total. The zero-order chi connectivity index (χ0) is 5.70. The minimum Gasteiger partial charge on any atom is -0.287 e. The average Bonchev–Trinajstić information content (AvgIpc) is 1.61. The van der Waals surface area contributed by atoms with Crippen LogP contribution in [0.5, 0.6) is 0 Å². The molecule has 0 amide bonds. The Morgan fingerprint density at radius 1 is 1.57 bits per heavy atom. The van der Waals surface area contributed by atoms with Crippen LogP contribution in [0.3, 0.4) is 0 Å². The van der Waals surface area contributed by atoms with Gasteiger partial charge in [0.05, 0.1) is 6.61 Å². The molecule has 44 valence electrons. The van der Waals surface area contributed by atoms with Crippen molar-refractivity contribution in [3.05, 3.63) is 0 Å². The molecule has 0 aliphatic heterocycles. The van der Waals surface area contributed by atoms with E-state index in [1.54, 1.807) is 5.01 Å². The van der Waals surface area contributed by atoms with Gasteiger partial charge in [0.2, 0.25) is 0 Å². The van der Waals surface area contributed by atoms with Crippen molar-refractivity contribution >= 4 is 0 Å². The van der Waals surface area contributed by atoms with Gasteiger partial charge in [0, 0.05) is 14.1 Å². The van der Waals surface area contributed by atoms with Gasteiger partial charge in [-0.15, -0.1) is 5.59 Å². The second kappa shape index (κ2) is 4.05. The zero-order valence-corrected chi connectivity index (χ0v) is 5.06. The van der Waals surface area contributed by atoms with E-state index in [2.05, 4.69) is 5.59 Å². The Kier molecular flexibility index (Phi) is 3.98. The van der Waals surface area contributed by atoms with Crippen LogP contribution in [0.2, 0.25) is 0 Å². The van der Waals surface area contributed by atoms with Crippen LogP contribution in [0.25, 0.3) is 0 Å². The molecule has 0 aliphatic carbocycles. The normalized spacial score (nSPS) is 10.3. The third-order valence-corrected chi connectivity index (χ3v) is 0.391. The average molecular weight is 104 g/mol. The minimum absolute atomic E-state index is 0.693. The highest BCUT2D eigenvalue weighted by molar-refractivity contribution is 4.10. The van der Waals surface area contributed by atoms with Crippen LogP contribution in [0, 0.1) is 0 Å². The Morgan fingerprint density at radius 2 is 2.14 bits per heavy atom. The molecule has 7 heavy (non-hydrogen) atoms. The number of rotatable bonds is 3. The van der Waals surface area contributed by atoms with Crippen molar-refractivity contribution in [2.45, 2.75) is 6.92 Å². The van der Waals surface area contributed by atoms with Gasteiger partial charge in [0.1, 0.15) is 0 Å². The summed E-state index contributed by atoms with van der Waals surface area (Å²) in [6.45, 7) is 2.62. The molecule has 0 atom stereocenters. The predicted octanol–water partition coefficient (Wildman–Crippen LogP) is 0.00410. The molecule has 3 heteroatoms. The number of hydrazine groups is 1. The van der Waals surface area contributed by atoms with Crippen LogP contribution in [-0.4, -0.2) is 25.7 Å². The van der Waals surface area contributed by atoms with Gasteiger partial charge in [0.25, 0.3) is 0 Å². The van der Waals surface area contributed by atoms with E-state index in [-0.39, 0.29) is 0 Å². The van der Waals surface area contributed by atoms with Crippen LogP contribution in [0.4, 0.5) is 0 Å². The lowest BCUT2D eigenvalue weighted by Crippen LogP contribution is -2.30. The van der Waals surface area contributed by atoms with Crippen molar-refractivity contribution in [1.82, 2.24) is 10.6 Å². The summed E-state index contributed by atoms with van der Waals surface area (Å²) >= 11 is 0. The van der Waals surface area contributed by atoms with Crippen LogP contribution in [0.15, 0.2) is 0 Å². The maximum atomic E-state index is 4.77. The van der Waals surface area contributed by atoms with E-state index in [1.165, 1.54) is 0 Å². The van der Waals surface area contributed by atoms with E-state index in [0.29, 0.717) is 6.61 Å². The Labute approximate surface area is 44.2 Å². The minimum atomic E-state index is 0.693. The molecule has 0 aliphatic rings. The van der Waals surface area contributed by atoms with Crippen molar-refractivity contribution in [2.75, 3.05) is 20.7 Å². The summed E-state index contributed by atoms with van der Waals surface area (Å²) in [5.41, 5.74) is 2.63. The van der Waals surface area contributed by atoms with Crippen molar-refractivity contribution in [2.24, 2.45) is 0 Å². The first-order valence-corrected chi connectivity index (χ1v) is 2.32. The van der Waals surface area contributed by atoms with Crippen molar-refractivity contribution in [3.8, 4) is 0 Å². The van der Waals surface area contributed by atoms with E-state index < -0.39 is 0 Å². The quantitative estimate of drug-likeness (QED) is 0.510. The molecule has 0 bridgehead atoms. The second-order valence-electron chi connectivity index (χ2n) is 1.42. The molecule has 0 aromatic carbocycles. The van der Waals surface area contributed by atoms with Crippen LogP contribution < -0.4 is 5.59 Å². The SMILES string of the molecule is CCONN(C)C. The molecule has 0 rings (SSSR count). The Hall–Kier alpha value is -0.120. The molecule has 0 saturated heterocycles. The summed E-state index contributed by atoms with van der Waals surface area (Å²) in [6, 6.07) is 0. The summed E-state index contributed by atoms with van der Waals surface area (Å²) in [6.07, 6.45) is 0. The molecule has 1 N–H and O–H groups in total. The van der Waals surface area contributed by atoms with E-state index in [9.17, 15) is 0 Å². The summed E-state index contributed by atoms with van der Waals surface area (Å²) in [5, 5.41) is 1.74. The smallest absolute Gasteiger partial charge is 0.0670 e. The van der Waals surface area contributed by atoms with Crippen LogP contribution >= 0.6 is 0 Å². The number of nitrogens with one attached hydrogen (secondary N) is 1. The molecule has 0 unspecified atom stereocenters. The molecular weight excluding hydrogens is 92.1 g/mol. The van der Waals surface area contributed by atoms with Gasteiger partial charge in [-0.05, 0) is 6.92 Å². The van der Waals surface area contributed by atoms with Crippen LogP contribution in [0.1, 0.15) is 6.92 Å². The highest BCUT2D eigenvalue weighted by Gasteiger charge is 1.79. The lowest BCUT2D eigenvalue weighted by Gasteiger charge is -2.08. The van der Waals surface area contributed by atoms with Crippen molar-refractivity contribution in [3.63, 3.8) is 0 Å². The first-order valence-electron chi connectivity index (χ1n) is 2.32. The Balaban J connectivity index is 2.68. The lowest BCUT2D eigenvalue weighted by molar-refractivity contribution is -0.0531. The first-order chi connectivity index (χ1) is 3.27. The highest BCUT2D eigenvalue weighted by atomic mass is 16.7. The highest BCUT2D eigenvalue weighted by Crippen LogP contribution is 1.64. The monoisotopic (exact) mass is 104 g/mol. The van der Waals surface area contributed by atoms with E-state index in [0.717, 1.165) is 0 Å². The lowest BCUT2D eigenvalue weighted by atomic mass is 10.9. The zero-order valence-electron chi connectivity index (χ0n) is 5.06.